The van der Waals surface area contributed by atoms with E-state index in [2.05, 4.69) is 10.2 Å². The third kappa shape index (κ3) is 7.84. The van der Waals surface area contributed by atoms with Crippen molar-refractivity contribution >= 4 is 29.1 Å². The molecular formula is C36H38F6N6O5. The molecule has 4 heterocycles. The zero-order chi connectivity index (χ0) is 38.4. The Morgan fingerprint density at radius 3 is 2.23 bits per heavy atom. The number of carbonyl (C=O) groups is 3. The molecule has 3 fully saturated rings. The van der Waals surface area contributed by atoms with Gasteiger partial charge in [-0.2, -0.15) is 5.01 Å². The molecule has 3 aliphatic rings. The lowest BCUT2D eigenvalue weighted by molar-refractivity contribution is -0.274. The first kappa shape index (κ1) is 37.7. The Hall–Kier alpha value is -5.06. The van der Waals surface area contributed by atoms with Crippen molar-refractivity contribution in [3.05, 3.63) is 75.5 Å². The van der Waals surface area contributed by atoms with Gasteiger partial charge in [-0.15, -0.1) is 13.2 Å². The molecule has 3 amide bonds. The molecule has 3 aliphatic heterocycles. The van der Waals surface area contributed by atoms with Crippen LogP contribution in [0, 0.1) is 19.7 Å². The van der Waals surface area contributed by atoms with E-state index in [0.717, 1.165) is 28.1 Å². The Bertz CT molecular complexity index is 1980. The molecule has 6 rings (SSSR count). The summed E-state index contributed by atoms with van der Waals surface area (Å²) in [5, 5.41) is 0.875. The molecule has 284 valence electrons. The van der Waals surface area contributed by atoms with Gasteiger partial charge < -0.3 is 19.1 Å². The summed E-state index contributed by atoms with van der Waals surface area (Å²) >= 11 is 0. The smallest absolute Gasteiger partial charge is 0.405 e. The van der Waals surface area contributed by atoms with E-state index in [9.17, 15) is 32.3 Å². The van der Waals surface area contributed by atoms with Gasteiger partial charge in [-0.05, 0) is 62.1 Å². The van der Waals surface area contributed by atoms with Crippen LogP contribution in [0.5, 0.6) is 5.75 Å². The van der Waals surface area contributed by atoms with E-state index in [-0.39, 0.29) is 74.5 Å². The number of carbonyl (C=O) groups excluding carboxylic acids is 3. The fourth-order valence-corrected chi connectivity index (χ4v) is 7.18. The molecule has 1 aromatic heterocycles. The molecular weight excluding hydrogens is 710 g/mol. The number of benzene rings is 2. The van der Waals surface area contributed by atoms with Crippen LogP contribution in [0.1, 0.15) is 47.2 Å². The van der Waals surface area contributed by atoms with E-state index in [4.69, 9.17) is 0 Å². The molecule has 0 bridgehead atoms. The van der Waals surface area contributed by atoms with E-state index in [1.807, 2.05) is 0 Å². The van der Waals surface area contributed by atoms with E-state index in [0.29, 0.717) is 23.1 Å². The van der Waals surface area contributed by atoms with Crippen LogP contribution in [-0.4, -0.2) is 94.7 Å². The highest BCUT2D eigenvalue weighted by Gasteiger charge is 2.49. The molecule has 0 spiro atoms. The first-order valence-electron chi connectivity index (χ1n) is 17.1. The molecule has 17 heteroatoms. The van der Waals surface area contributed by atoms with E-state index >= 15 is 13.2 Å². The van der Waals surface area contributed by atoms with Gasteiger partial charge in [0.1, 0.15) is 11.6 Å². The number of aryl methyl sites for hydroxylation is 1. The van der Waals surface area contributed by atoms with Gasteiger partial charge in [-0.1, -0.05) is 6.07 Å². The summed E-state index contributed by atoms with van der Waals surface area (Å²) < 4.78 is 92.8. The second kappa shape index (κ2) is 14.4. The monoisotopic (exact) mass is 748 g/mol. The number of hydrogen-bond donors (Lipinski definition) is 1. The number of ether oxygens (including phenoxy) is 1. The molecule has 3 saturated heterocycles. The maximum Gasteiger partial charge on any atom is 0.573 e. The normalized spacial score (nSPS) is 19.8. The van der Waals surface area contributed by atoms with Crippen LogP contribution in [0.2, 0.25) is 0 Å². The highest BCUT2D eigenvalue weighted by molar-refractivity contribution is 5.99. The van der Waals surface area contributed by atoms with Gasteiger partial charge >= 0.3 is 6.36 Å². The number of hydrazine groups is 1. The van der Waals surface area contributed by atoms with E-state index in [1.54, 1.807) is 23.6 Å². The van der Waals surface area contributed by atoms with Crippen LogP contribution >= 0.6 is 0 Å². The van der Waals surface area contributed by atoms with Gasteiger partial charge in [0.2, 0.25) is 11.8 Å². The lowest BCUT2D eigenvalue weighted by atomic mass is 9.96. The molecule has 0 unspecified atom stereocenters. The Morgan fingerprint density at radius 2 is 1.60 bits per heavy atom. The average molecular weight is 749 g/mol. The van der Waals surface area contributed by atoms with Crippen molar-refractivity contribution in [2.75, 3.05) is 49.6 Å². The fourth-order valence-electron chi connectivity index (χ4n) is 7.18. The Labute approximate surface area is 300 Å². The van der Waals surface area contributed by atoms with Crippen LogP contribution in [0.4, 0.5) is 37.7 Å². The van der Waals surface area contributed by atoms with Crippen LogP contribution in [0.15, 0.2) is 47.4 Å². The number of piperazine rings is 1. The molecule has 2 aromatic carbocycles. The number of anilines is 2. The number of imide groups is 1. The first-order chi connectivity index (χ1) is 24.9. The van der Waals surface area contributed by atoms with Crippen LogP contribution < -0.4 is 20.6 Å². The minimum atomic E-state index is -5.18. The summed E-state index contributed by atoms with van der Waals surface area (Å²) in [6, 6.07) is 6.40. The summed E-state index contributed by atoms with van der Waals surface area (Å²) in [6.45, 7) is 2.76. The molecule has 0 aliphatic carbocycles. The average Bonchev–Trinajstić information content (AvgIpc) is 3.09. The number of amides is 3. The van der Waals surface area contributed by atoms with Crippen LogP contribution in [0.25, 0.3) is 11.1 Å². The predicted octanol–water partition coefficient (Wildman–Crippen LogP) is 5.24. The van der Waals surface area contributed by atoms with Crippen LogP contribution in [0.3, 0.4) is 0 Å². The number of halogens is 6. The number of rotatable bonds is 7. The minimum absolute atomic E-state index is 0.152. The number of likely N-dealkylation sites (tertiary alicyclic amines) is 1. The highest BCUT2D eigenvalue weighted by atomic mass is 19.4. The SMILES string of the molecule is Cc1c(-c2ccc(C(=O)N3CC[C@H](N4CCN(c5ccc(NN6C(=O)CCCC6=O)cc5F)CC4)C(F)(F)C3)c(OC(F)(F)F)c2)cn(C)c(=O)c1C. The number of aromatic nitrogens is 1. The molecule has 11 nitrogen and oxygen atoms in total. The van der Waals surface area contributed by atoms with Crippen molar-refractivity contribution < 1.29 is 45.5 Å². The summed E-state index contributed by atoms with van der Waals surface area (Å²) in [4.78, 5) is 54.2. The lowest BCUT2D eigenvalue weighted by Crippen LogP contribution is -2.62. The maximum absolute atomic E-state index is 15.8. The minimum Gasteiger partial charge on any atom is -0.405 e. The van der Waals surface area contributed by atoms with Crippen molar-refractivity contribution in [1.82, 2.24) is 19.4 Å². The number of hydrogen-bond acceptors (Lipinski definition) is 8. The standard InChI is InChI=1S/C36H38F6N6O5/c1-21-22(2)33(51)44(3)19-26(21)23-7-9-25(29(17-23)53-36(40,41)42)34(52)47-12-11-30(35(38,39)20-47)46-15-13-45(14-16-46)28-10-8-24(18-27(28)37)43-48-31(49)5-4-6-32(48)50/h7-10,17-19,30,43H,4-6,11-16,20H2,1-3H3/t30-/m0/s1. The van der Waals surface area contributed by atoms with Gasteiger partial charge in [0.15, 0.2) is 0 Å². The van der Waals surface area contributed by atoms with Crippen molar-refractivity contribution in [2.45, 2.75) is 57.9 Å². The first-order valence-corrected chi connectivity index (χ1v) is 17.1. The molecule has 0 saturated carbocycles. The number of nitrogens with zero attached hydrogens (tertiary/aromatic N) is 5. The largest absolute Gasteiger partial charge is 0.573 e. The van der Waals surface area contributed by atoms with Gasteiger partial charge in [0, 0.05) is 76.0 Å². The number of alkyl halides is 5. The van der Waals surface area contributed by atoms with E-state index < -0.39 is 59.7 Å². The second-order valence-corrected chi connectivity index (χ2v) is 13.5. The summed E-state index contributed by atoms with van der Waals surface area (Å²) in [7, 11) is 1.50. The second-order valence-electron chi connectivity index (χ2n) is 13.5. The number of pyridine rings is 1. The lowest BCUT2D eigenvalue weighted by Gasteiger charge is -2.46. The van der Waals surface area contributed by atoms with Crippen LogP contribution in [-0.2, 0) is 16.6 Å². The van der Waals surface area contributed by atoms with Gasteiger partial charge in [0.25, 0.3) is 17.4 Å². The van der Waals surface area contributed by atoms with Gasteiger partial charge in [0.05, 0.1) is 29.5 Å². The Kier molecular flexibility index (Phi) is 10.2. The van der Waals surface area contributed by atoms with E-state index in [1.165, 1.54) is 36.0 Å². The van der Waals surface area contributed by atoms with Gasteiger partial charge in [-0.3, -0.25) is 29.5 Å². The third-order valence-corrected chi connectivity index (χ3v) is 10.1. The Morgan fingerprint density at radius 1 is 0.925 bits per heavy atom. The summed E-state index contributed by atoms with van der Waals surface area (Å²) in [5.41, 5.74) is 3.84. The fraction of sp³-hybridized carbons (Fsp3) is 0.444. The number of nitrogens with one attached hydrogen (secondary N) is 1. The summed E-state index contributed by atoms with van der Waals surface area (Å²) in [6.07, 6.45) is -3.04. The molecule has 1 N–H and O–H groups in total. The molecule has 0 radical (unpaired) electrons. The Balaban J connectivity index is 1.12. The van der Waals surface area contributed by atoms with Gasteiger partial charge in [-0.25, -0.2) is 13.2 Å². The van der Waals surface area contributed by atoms with Crippen molar-refractivity contribution in [2.24, 2.45) is 7.05 Å². The summed E-state index contributed by atoms with van der Waals surface area (Å²) in [5.74, 6) is -6.77. The maximum atomic E-state index is 15.8. The highest BCUT2D eigenvalue weighted by Crippen LogP contribution is 2.37. The zero-order valence-electron chi connectivity index (χ0n) is 29.2. The number of piperidine rings is 2. The molecule has 3 aromatic rings. The zero-order valence-corrected chi connectivity index (χ0v) is 29.2. The molecule has 1 atom stereocenters. The quantitative estimate of drug-likeness (QED) is 0.258. The van der Waals surface area contributed by atoms with Crippen molar-refractivity contribution in [1.29, 1.82) is 0 Å². The van der Waals surface area contributed by atoms with Crippen molar-refractivity contribution in [3.63, 3.8) is 0 Å². The topological polar surface area (TPSA) is 107 Å². The van der Waals surface area contributed by atoms with Crippen molar-refractivity contribution in [3.8, 4) is 16.9 Å². The predicted molar refractivity (Wildman–Crippen MR) is 182 cm³/mol. The molecule has 53 heavy (non-hydrogen) atoms. The third-order valence-electron chi connectivity index (χ3n) is 10.1.